The summed E-state index contributed by atoms with van der Waals surface area (Å²) in [4.78, 5) is 0. The summed E-state index contributed by atoms with van der Waals surface area (Å²) in [6.07, 6.45) is 3.99. The van der Waals surface area contributed by atoms with Gasteiger partial charge in [0.15, 0.2) is 0 Å². The number of fused-ring (bicyclic) bond motifs is 1. The van der Waals surface area contributed by atoms with Crippen LogP contribution in [0.1, 0.15) is 72.4 Å². The molecule has 0 aromatic heterocycles. The zero-order chi connectivity index (χ0) is 20.8. The molecule has 4 unspecified atom stereocenters. The molecule has 5 rings (SSSR count). The highest BCUT2D eigenvalue weighted by Gasteiger charge is 2.35. The van der Waals surface area contributed by atoms with Gasteiger partial charge in [-0.15, -0.1) is 0 Å². The Labute approximate surface area is 182 Å². The minimum Gasteiger partial charge on any atom is -0.490 e. The molecule has 2 fully saturated rings. The first kappa shape index (κ1) is 20.3. The lowest BCUT2D eigenvalue weighted by Crippen LogP contribution is -2.33. The average molecular weight is 429 g/mol. The SMILES string of the molecule is CC1Cc2c(Cl)c(Cc3ccc(C4CC4)cc3)cc(C3CC(O)CC(CO)O3)c2O1. The van der Waals surface area contributed by atoms with Crippen molar-refractivity contribution in [2.24, 2.45) is 0 Å². The minimum atomic E-state index is -0.496. The van der Waals surface area contributed by atoms with E-state index in [0.29, 0.717) is 12.8 Å². The fourth-order valence-corrected chi connectivity index (χ4v) is 5.14. The second-order valence-electron chi connectivity index (χ2n) is 9.13. The number of benzene rings is 2. The molecule has 2 N–H and O–H groups in total. The number of ether oxygens (including phenoxy) is 2. The Morgan fingerprint density at radius 2 is 1.90 bits per heavy atom. The molecule has 4 nitrogen and oxygen atoms in total. The number of halogens is 1. The van der Waals surface area contributed by atoms with Crippen LogP contribution >= 0.6 is 11.6 Å². The van der Waals surface area contributed by atoms with Crippen molar-refractivity contribution >= 4 is 11.6 Å². The monoisotopic (exact) mass is 428 g/mol. The number of aliphatic hydroxyl groups excluding tert-OH is 2. The van der Waals surface area contributed by atoms with E-state index in [1.807, 2.05) is 6.92 Å². The summed E-state index contributed by atoms with van der Waals surface area (Å²) >= 11 is 6.85. The molecule has 160 valence electrons. The Bertz CT molecular complexity index is 922. The summed E-state index contributed by atoms with van der Waals surface area (Å²) in [7, 11) is 0. The normalized spacial score (nSPS) is 28.3. The molecule has 0 radical (unpaired) electrons. The van der Waals surface area contributed by atoms with Gasteiger partial charge in [-0.2, -0.15) is 0 Å². The van der Waals surface area contributed by atoms with Gasteiger partial charge in [0.2, 0.25) is 0 Å². The van der Waals surface area contributed by atoms with Crippen LogP contribution < -0.4 is 4.74 Å². The first-order valence-corrected chi connectivity index (χ1v) is 11.4. The third-order valence-electron chi connectivity index (χ3n) is 6.57. The standard InChI is InChI=1S/C25H29ClO4/c1-14-8-22-24(26)18(9-15-2-4-16(5-3-15)17-6-7-17)10-21(25(22)29-14)23-12-19(28)11-20(13-27)30-23/h2-5,10,14,17,19-20,23,27-28H,6-9,11-13H2,1H3. The van der Waals surface area contributed by atoms with Crippen LogP contribution in [-0.4, -0.2) is 35.1 Å². The molecule has 3 aliphatic rings. The maximum Gasteiger partial charge on any atom is 0.130 e. The van der Waals surface area contributed by atoms with Crippen molar-refractivity contribution in [3.8, 4) is 5.75 Å². The quantitative estimate of drug-likeness (QED) is 0.724. The molecular weight excluding hydrogens is 400 g/mol. The van der Waals surface area contributed by atoms with Gasteiger partial charge < -0.3 is 19.7 Å². The van der Waals surface area contributed by atoms with E-state index in [-0.39, 0.29) is 24.9 Å². The zero-order valence-electron chi connectivity index (χ0n) is 17.3. The van der Waals surface area contributed by atoms with Gasteiger partial charge in [0.1, 0.15) is 11.9 Å². The van der Waals surface area contributed by atoms with E-state index in [4.69, 9.17) is 21.1 Å². The first-order chi connectivity index (χ1) is 14.5. The molecule has 0 amide bonds. The summed E-state index contributed by atoms with van der Waals surface area (Å²) in [6, 6.07) is 11.0. The number of hydrogen-bond donors (Lipinski definition) is 2. The largest absolute Gasteiger partial charge is 0.490 e. The third kappa shape index (κ3) is 3.99. The van der Waals surface area contributed by atoms with Gasteiger partial charge in [0.25, 0.3) is 0 Å². The lowest BCUT2D eigenvalue weighted by Gasteiger charge is -2.33. The van der Waals surface area contributed by atoms with Gasteiger partial charge in [-0.1, -0.05) is 35.9 Å². The van der Waals surface area contributed by atoms with Crippen LogP contribution in [0.25, 0.3) is 0 Å². The molecule has 1 aliphatic carbocycles. The van der Waals surface area contributed by atoms with Crippen molar-refractivity contribution in [1.29, 1.82) is 0 Å². The minimum absolute atomic E-state index is 0.0616. The molecule has 0 spiro atoms. The van der Waals surface area contributed by atoms with Gasteiger partial charge in [-0.25, -0.2) is 0 Å². The molecule has 0 bridgehead atoms. The molecule has 30 heavy (non-hydrogen) atoms. The predicted molar refractivity (Wildman–Crippen MR) is 116 cm³/mol. The number of rotatable bonds is 5. The highest BCUT2D eigenvalue weighted by atomic mass is 35.5. The molecule has 2 aromatic carbocycles. The Balaban J connectivity index is 1.48. The predicted octanol–water partition coefficient (Wildman–Crippen LogP) is 4.70. The lowest BCUT2D eigenvalue weighted by molar-refractivity contribution is -0.114. The highest BCUT2D eigenvalue weighted by Crippen LogP contribution is 2.46. The van der Waals surface area contributed by atoms with Crippen molar-refractivity contribution in [3.05, 3.63) is 63.2 Å². The van der Waals surface area contributed by atoms with Crippen LogP contribution in [0, 0.1) is 0 Å². The van der Waals surface area contributed by atoms with E-state index in [1.54, 1.807) is 0 Å². The average Bonchev–Trinajstić information content (AvgIpc) is 3.51. The summed E-state index contributed by atoms with van der Waals surface area (Å²) in [6.45, 7) is 1.95. The van der Waals surface area contributed by atoms with Gasteiger partial charge in [0, 0.05) is 30.4 Å². The van der Waals surface area contributed by atoms with Crippen LogP contribution in [0.5, 0.6) is 5.75 Å². The molecular formula is C25H29ClO4. The maximum atomic E-state index is 10.3. The fourth-order valence-electron chi connectivity index (χ4n) is 4.86. The smallest absolute Gasteiger partial charge is 0.130 e. The maximum absolute atomic E-state index is 10.3. The van der Waals surface area contributed by atoms with E-state index in [9.17, 15) is 10.2 Å². The number of aliphatic hydroxyl groups is 2. The van der Waals surface area contributed by atoms with Crippen molar-refractivity contribution in [2.45, 2.75) is 75.8 Å². The zero-order valence-corrected chi connectivity index (χ0v) is 18.1. The van der Waals surface area contributed by atoms with E-state index >= 15 is 0 Å². The second kappa shape index (κ2) is 8.16. The molecule has 2 aliphatic heterocycles. The highest BCUT2D eigenvalue weighted by molar-refractivity contribution is 6.32. The molecule has 2 aromatic rings. The first-order valence-electron chi connectivity index (χ1n) is 11.1. The van der Waals surface area contributed by atoms with Crippen LogP contribution in [0.3, 0.4) is 0 Å². The number of hydrogen-bond acceptors (Lipinski definition) is 4. The van der Waals surface area contributed by atoms with Crippen molar-refractivity contribution < 1.29 is 19.7 Å². The van der Waals surface area contributed by atoms with Crippen LogP contribution in [0.4, 0.5) is 0 Å². The van der Waals surface area contributed by atoms with Gasteiger partial charge in [-0.3, -0.25) is 0 Å². The fraction of sp³-hybridized carbons (Fsp3) is 0.520. The van der Waals surface area contributed by atoms with Gasteiger partial charge >= 0.3 is 0 Å². The third-order valence-corrected chi connectivity index (χ3v) is 7.05. The summed E-state index contributed by atoms with van der Waals surface area (Å²) in [5, 5.41) is 20.7. The van der Waals surface area contributed by atoms with Crippen LogP contribution in [0.15, 0.2) is 30.3 Å². The van der Waals surface area contributed by atoms with Crippen LogP contribution in [0.2, 0.25) is 5.02 Å². The van der Waals surface area contributed by atoms with E-state index in [0.717, 1.165) is 46.2 Å². The molecule has 4 atom stereocenters. The van der Waals surface area contributed by atoms with Crippen molar-refractivity contribution in [3.63, 3.8) is 0 Å². The van der Waals surface area contributed by atoms with Crippen LogP contribution in [-0.2, 0) is 17.6 Å². The molecule has 2 heterocycles. The second-order valence-corrected chi connectivity index (χ2v) is 9.50. The van der Waals surface area contributed by atoms with Crippen molar-refractivity contribution in [1.82, 2.24) is 0 Å². The van der Waals surface area contributed by atoms with Gasteiger partial charge in [0.05, 0.1) is 29.9 Å². The summed E-state index contributed by atoms with van der Waals surface area (Å²) in [5.41, 5.74) is 5.71. The Morgan fingerprint density at radius 1 is 1.13 bits per heavy atom. The Morgan fingerprint density at radius 3 is 2.60 bits per heavy atom. The van der Waals surface area contributed by atoms with E-state index in [1.165, 1.54) is 24.0 Å². The molecule has 1 saturated heterocycles. The Kier molecular flexibility index (Phi) is 5.53. The summed E-state index contributed by atoms with van der Waals surface area (Å²) in [5.74, 6) is 1.55. The van der Waals surface area contributed by atoms with E-state index < -0.39 is 6.10 Å². The van der Waals surface area contributed by atoms with Gasteiger partial charge in [-0.05, 0) is 54.9 Å². The summed E-state index contributed by atoms with van der Waals surface area (Å²) < 4.78 is 12.2. The molecule has 1 saturated carbocycles. The van der Waals surface area contributed by atoms with Crippen molar-refractivity contribution in [2.75, 3.05) is 6.61 Å². The lowest BCUT2D eigenvalue weighted by atomic mass is 9.91. The Hall–Kier alpha value is -1.59. The molecule has 5 heteroatoms. The topological polar surface area (TPSA) is 58.9 Å². The van der Waals surface area contributed by atoms with E-state index in [2.05, 4.69) is 30.3 Å².